The van der Waals surface area contributed by atoms with E-state index in [-0.39, 0.29) is 12.4 Å². The van der Waals surface area contributed by atoms with Crippen LogP contribution in [0.1, 0.15) is 25.5 Å². The number of nitrogens with zero attached hydrogens (tertiary/aromatic N) is 2. The highest BCUT2D eigenvalue weighted by Gasteiger charge is 1.95. The molecule has 0 unspecified atom stereocenters. The van der Waals surface area contributed by atoms with Gasteiger partial charge in [0.25, 0.3) is 0 Å². The zero-order valence-electron chi connectivity index (χ0n) is 10.1. The first-order valence-electron chi connectivity index (χ1n) is 5.60. The van der Waals surface area contributed by atoms with Crippen LogP contribution in [-0.4, -0.2) is 29.5 Å². The first kappa shape index (κ1) is 15.4. The monoisotopic (exact) mass is 247 g/mol. The van der Waals surface area contributed by atoms with Crippen LogP contribution >= 0.6 is 12.4 Å². The maximum atomic E-state index is 5.26. The van der Waals surface area contributed by atoms with Gasteiger partial charge in [-0.3, -0.25) is 4.68 Å². The minimum absolute atomic E-state index is 0. The summed E-state index contributed by atoms with van der Waals surface area (Å²) in [6.07, 6.45) is 4.25. The summed E-state index contributed by atoms with van der Waals surface area (Å²) < 4.78 is 7.08. The van der Waals surface area contributed by atoms with Crippen LogP contribution in [0.15, 0.2) is 12.3 Å². The second-order valence-electron chi connectivity index (χ2n) is 3.56. The van der Waals surface area contributed by atoms with E-state index in [4.69, 9.17) is 4.74 Å². The molecule has 1 heterocycles. The van der Waals surface area contributed by atoms with Gasteiger partial charge in [0.05, 0.1) is 5.69 Å². The van der Waals surface area contributed by atoms with Crippen LogP contribution in [0.4, 0.5) is 0 Å². The Labute approximate surface area is 104 Å². The minimum atomic E-state index is 0. The third-order valence-corrected chi connectivity index (χ3v) is 2.17. The molecule has 0 bridgehead atoms. The Morgan fingerprint density at radius 2 is 2.25 bits per heavy atom. The van der Waals surface area contributed by atoms with Gasteiger partial charge in [-0.15, -0.1) is 12.4 Å². The third kappa shape index (κ3) is 6.82. The number of aryl methyl sites for hydroxylation is 1. The average Bonchev–Trinajstić information content (AvgIpc) is 2.63. The van der Waals surface area contributed by atoms with Crippen LogP contribution in [0.25, 0.3) is 0 Å². The number of rotatable bonds is 8. The van der Waals surface area contributed by atoms with Gasteiger partial charge in [0.1, 0.15) is 0 Å². The average molecular weight is 248 g/mol. The van der Waals surface area contributed by atoms with Crippen molar-refractivity contribution in [2.75, 3.05) is 19.8 Å². The van der Waals surface area contributed by atoms with Crippen molar-refractivity contribution in [1.82, 2.24) is 15.1 Å². The summed E-state index contributed by atoms with van der Waals surface area (Å²) in [5, 5.41) is 7.65. The summed E-state index contributed by atoms with van der Waals surface area (Å²) in [4.78, 5) is 0. The topological polar surface area (TPSA) is 39.1 Å². The largest absolute Gasteiger partial charge is 0.382 e. The highest BCUT2D eigenvalue weighted by atomic mass is 35.5. The molecule has 1 aromatic rings. The van der Waals surface area contributed by atoms with Crippen LogP contribution in [0.2, 0.25) is 0 Å². The van der Waals surface area contributed by atoms with Gasteiger partial charge in [-0.1, -0.05) is 0 Å². The predicted molar refractivity (Wildman–Crippen MR) is 67.9 cm³/mol. The molecule has 0 fully saturated rings. The van der Waals surface area contributed by atoms with Gasteiger partial charge < -0.3 is 10.1 Å². The lowest BCUT2D eigenvalue weighted by Crippen LogP contribution is -2.15. The lowest BCUT2D eigenvalue weighted by Gasteiger charge is -2.03. The van der Waals surface area contributed by atoms with Crippen molar-refractivity contribution in [3.05, 3.63) is 18.0 Å². The summed E-state index contributed by atoms with van der Waals surface area (Å²) in [6, 6.07) is 2.03. The van der Waals surface area contributed by atoms with Gasteiger partial charge in [-0.05, 0) is 32.4 Å². The molecular formula is C11H22ClN3O. The normalized spacial score (nSPS) is 10.1. The molecule has 0 aromatic carbocycles. The number of ether oxygens (including phenoxy) is 1. The molecule has 0 saturated heterocycles. The van der Waals surface area contributed by atoms with E-state index < -0.39 is 0 Å². The summed E-state index contributed by atoms with van der Waals surface area (Å²) in [7, 11) is 1.94. The molecule has 5 heteroatoms. The number of hydrogen-bond donors (Lipinski definition) is 1. The molecule has 1 rings (SSSR count). The number of nitrogens with one attached hydrogen (secondary N) is 1. The van der Waals surface area contributed by atoms with E-state index in [0.29, 0.717) is 0 Å². The molecule has 0 radical (unpaired) electrons. The standard InChI is InChI=1S/C11H21N3O.ClH/c1-3-15-9-5-4-7-12-10-11-6-8-14(2)13-11;/h6,8,12H,3-5,7,9-10H2,1-2H3;1H. The van der Waals surface area contributed by atoms with Gasteiger partial charge >= 0.3 is 0 Å². The van der Waals surface area contributed by atoms with Crippen LogP contribution in [0, 0.1) is 0 Å². The molecule has 0 aliphatic rings. The van der Waals surface area contributed by atoms with Gasteiger partial charge in [0.15, 0.2) is 0 Å². The molecule has 16 heavy (non-hydrogen) atoms. The fraction of sp³-hybridized carbons (Fsp3) is 0.727. The molecule has 0 aliphatic heterocycles. The van der Waals surface area contributed by atoms with Crippen molar-refractivity contribution in [3.63, 3.8) is 0 Å². The lowest BCUT2D eigenvalue weighted by molar-refractivity contribution is 0.143. The number of halogens is 1. The summed E-state index contributed by atoms with van der Waals surface area (Å²) in [6.45, 7) is 5.61. The molecule has 1 aromatic heterocycles. The third-order valence-electron chi connectivity index (χ3n) is 2.17. The Bertz CT molecular complexity index is 265. The second-order valence-corrected chi connectivity index (χ2v) is 3.56. The molecule has 0 aliphatic carbocycles. The summed E-state index contributed by atoms with van der Waals surface area (Å²) >= 11 is 0. The van der Waals surface area contributed by atoms with Crippen molar-refractivity contribution in [1.29, 1.82) is 0 Å². The van der Waals surface area contributed by atoms with Crippen molar-refractivity contribution in [2.45, 2.75) is 26.3 Å². The van der Waals surface area contributed by atoms with Gasteiger partial charge in [-0.2, -0.15) is 5.10 Å². The Balaban J connectivity index is 0.00000225. The first-order chi connectivity index (χ1) is 7.33. The molecule has 94 valence electrons. The van der Waals surface area contributed by atoms with Crippen LogP contribution in [0.3, 0.4) is 0 Å². The number of aromatic nitrogens is 2. The van der Waals surface area contributed by atoms with E-state index in [1.165, 1.54) is 0 Å². The first-order valence-corrected chi connectivity index (χ1v) is 5.60. The summed E-state index contributed by atoms with van der Waals surface area (Å²) in [5.74, 6) is 0. The maximum absolute atomic E-state index is 5.26. The molecule has 4 nitrogen and oxygen atoms in total. The molecule has 0 spiro atoms. The number of unbranched alkanes of at least 4 members (excludes halogenated alkanes) is 1. The molecule has 0 amide bonds. The van der Waals surface area contributed by atoms with Gasteiger partial charge in [0, 0.05) is 33.0 Å². The fourth-order valence-electron chi connectivity index (χ4n) is 1.37. The quantitative estimate of drug-likeness (QED) is 0.712. The van der Waals surface area contributed by atoms with Gasteiger partial charge in [0.2, 0.25) is 0 Å². The number of hydrogen-bond acceptors (Lipinski definition) is 3. The minimum Gasteiger partial charge on any atom is -0.382 e. The van der Waals surface area contributed by atoms with E-state index in [1.807, 2.05) is 30.9 Å². The second kappa shape index (κ2) is 9.63. The maximum Gasteiger partial charge on any atom is 0.0762 e. The van der Waals surface area contributed by atoms with E-state index in [2.05, 4.69) is 10.4 Å². The van der Waals surface area contributed by atoms with E-state index in [1.54, 1.807) is 0 Å². The fourth-order valence-corrected chi connectivity index (χ4v) is 1.37. The Kier molecular flexibility index (Phi) is 9.28. The Hall–Kier alpha value is -0.580. The highest BCUT2D eigenvalue weighted by Crippen LogP contribution is 1.94. The van der Waals surface area contributed by atoms with Gasteiger partial charge in [-0.25, -0.2) is 0 Å². The van der Waals surface area contributed by atoms with Crippen molar-refractivity contribution in [3.8, 4) is 0 Å². The SMILES string of the molecule is CCOCCCCNCc1ccn(C)n1.Cl. The Morgan fingerprint density at radius 3 is 2.88 bits per heavy atom. The summed E-state index contributed by atoms with van der Waals surface area (Å²) in [5.41, 5.74) is 1.10. The zero-order chi connectivity index (χ0) is 10.9. The molecular weight excluding hydrogens is 226 g/mol. The van der Waals surface area contributed by atoms with Crippen LogP contribution in [-0.2, 0) is 18.3 Å². The van der Waals surface area contributed by atoms with E-state index in [9.17, 15) is 0 Å². The van der Waals surface area contributed by atoms with Crippen molar-refractivity contribution >= 4 is 12.4 Å². The van der Waals surface area contributed by atoms with Crippen LogP contribution < -0.4 is 5.32 Å². The predicted octanol–water partition coefficient (Wildman–Crippen LogP) is 1.75. The van der Waals surface area contributed by atoms with E-state index in [0.717, 1.165) is 44.8 Å². The van der Waals surface area contributed by atoms with Crippen molar-refractivity contribution < 1.29 is 4.74 Å². The van der Waals surface area contributed by atoms with Crippen molar-refractivity contribution in [2.24, 2.45) is 7.05 Å². The smallest absolute Gasteiger partial charge is 0.0762 e. The molecule has 0 saturated carbocycles. The van der Waals surface area contributed by atoms with E-state index >= 15 is 0 Å². The highest BCUT2D eigenvalue weighted by molar-refractivity contribution is 5.85. The molecule has 0 atom stereocenters. The van der Waals surface area contributed by atoms with Crippen LogP contribution in [0.5, 0.6) is 0 Å². The Morgan fingerprint density at radius 1 is 1.44 bits per heavy atom. The molecule has 1 N–H and O–H groups in total. The zero-order valence-corrected chi connectivity index (χ0v) is 10.9. The lowest BCUT2D eigenvalue weighted by atomic mass is 10.3.